The number of nitrogens with zero attached hydrogens (tertiary/aromatic N) is 3. The monoisotopic (exact) mass is 409 g/mol. The Balaban J connectivity index is 2.07. The van der Waals surface area contributed by atoms with Gasteiger partial charge < -0.3 is 0 Å². The molecular weight excluding hydrogens is 394 g/mol. The van der Waals surface area contributed by atoms with Gasteiger partial charge in [-0.2, -0.15) is 5.10 Å². The minimum atomic E-state index is -3.43. The number of benzene rings is 1. The Bertz CT molecular complexity index is 918. The summed E-state index contributed by atoms with van der Waals surface area (Å²) < 4.78 is 24.6. The van der Waals surface area contributed by atoms with Gasteiger partial charge in [0.1, 0.15) is 21.9 Å². The highest BCUT2D eigenvalue weighted by atomic mass is 79.9. The van der Waals surface area contributed by atoms with Gasteiger partial charge in [-0.3, -0.25) is 9.79 Å². The molecule has 1 aromatic rings. The van der Waals surface area contributed by atoms with Crippen molar-refractivity contribution >= 4 is 42.5 Å². The number of allylic oxidation sites excluding steroid dienone is 1. The fourth-order valence-corrected chi connectivity index (χ4v) is 4.31. The standard InChI is InChI=1S/C16H16BrN3O3S/c1-9-6-11(4-5-12(9)8-21)15-10(2)18-16-13(24(3,22)23)7-14(17)19-20(15)16/h4-8,10,15H,1-3H3. The van der Waals surface area contributed by atoms with Crippen molar-refractivity contribution < 1.29 is 13.2 Å². The van der Waals surface area contributed by atoms with E-state index in [1.165, 1.54) is 6.08 Å². The molecule has 2 heterocycles. The summed E-state index contributed by atoms with van der Waals surface area (Å²) in [4.78, 5) is 15.7. The van der Waals surface area contributed by atoms with Gasteiger partial charge in [-0.15, -0.1) is 0 Å². The van der Waals surface area contributed by atoms with Crippen LogP contribution < -0.4 is 0 Å². The molecular formula is C16H16BrN3O3S. The lowest BCUT2D eigenvalue weighted by molar-refractivity contribution is 0.112. The molecule has 0 amide bonds. The Labute approximate surface area is 149 Å². The first-order valence-corrected chi connectivity index (χ1v) is 10.00. The minimum Gasteiger partial charge on any atom is -0.298 e. The fourth-order valence-electron chi connectivity index (χ4n) is 2.96. The van der Waals surface area contributed by atoms with Crippen molar-refractivity contribution in [2.24, 2.45) is 10.1 Å². The van der Waals surface area contributed by atoms with Crippen LogP contribution in [-0.4, -0.2) is 42.5 Å². The highest BCUT2D eigenvalue weighted by Crippen LogP contribution is 2.37. The van der Waals surface area contributed by atoms with E-state index in [1.807, 2.05) is 26.0 Å². The summed E-state index contributed by atoms with van der Waals surface area (Å²) in [6.45, 7) is 3.79. The number of hydrogen-bond donors (Lipinski definition) is 0. The van der Waals surface area contributed by atoms with Crippen LogP contribution in [-0.2, 0) is 9.84 Å². The maximum Gasteiger partial charge on any atom is 0.179 e. The average Bonchev–Trinajstić information content (AvgIpc) is 2.81. The zero-order valence-electron chi connectivity index (χ0n) is 13.4. The van der Waals surface area contributed by atoms with Crippen molar-refractivity contribution in [2.75, 3.05) is 6.26 Å². The summed E-state index contributed by atoms with van der Waals surface area (Å²) in [6, 6.07) is 5.15. The van der Waals surface area contributed by atoms with E-state index < -0.39 is 9.84 Å². The normalized spacial score (nSPS) is 23.3. The second-order valence-corrected chi connectivity index (χ2v) is 8.72. The second-order valence-electron chi connectivity index (χ2n) is 5.92. The molecule has 1 aromatic carbocycles. The Morgan fingerprint density at radius 2 is 2.04 bits per heavy atom. The number of hydrazone groups is 1. The van der Waals surface area contributed by atoms with Crippen LogP contribution in [0, 0.1) is 6.92 Å². The fraction of sp³-hybridized carbons (Fsp3) is 0.312. The molecule has 2 aliphatic heterocycles. The van der Waals surface area contributed by atoms with E-state index >= 15 is 0 Å². The van der Waals surface area contributed by atoms with Gasteiger partial charge in [0.05, 0.1) is 6.04 Å². The Kier molecular flexibility index (Phi) is 4.21. The first-order valence-electron chi connectivity index (χ1n) is 7.31. The molecule has 2 aliphatic rings. The van der Waals surface area contributed by atoms with E-state index in [9.17, 15) is 13.2 Å². The summed E-state index contributed by atoms with van der Waals surface area (Å²) in [5, 5.41) is 6.05. The van der Waals surface area contributed by atoms with Gasteiger partial charge in [0.2, 0.25) is 0 Å². The number of aliphatic imine (C=N–C) groups is 1. The van der Waals surface area contributed by atoms with Crippen molar-refractivity contribution in [1.82, 2.24) is 5.01 Å². The number of carbonyl (C=O) groups excluding carboxylic acids is 1. The molecule has 0 fully saturated rings. The van der Waals surface area contributed by atoms with E-state index in [4.69, 9.17) is 0 Å². The Morgan fingerprint density at radius 3 is 2.62 bits per heavy atom. The maximum absolute atomic E-state index is 12.1. The minimum absolute atomic E-state index is 0.153. The third-order valence-corrected chi connectivity index (χ3v) is 5.59. The molecule has 2 atom stereocenters. The van der Waals surface area contributed by atoms with Gasteiger partial charge in [-0.1, -0.05) is 18.2 Å². The number of rotatable bonds is 3. The van der Waals surface area contributed by atoms with Gasteiger partial charge in [-0.05, 0) is 47.0 Å². The molecule has 8 heteroatoms. The number of aldehydes is 1. The van der Waals surface area contributed by atoms with Gasteiger partial charge in [0, 0.05) is 11.8 Å². The topological polar surface area (TPSA) is 79.2 Å². The quantitative estimate of drug-likeness (QED) is 0.718. The van der Waals surface area contributed by atoms with Crippen LogP contribution in [0.4, 0.5) is 0 Å². The number of aryl methyl sites for hydroxylation is 1. The zero-order chi connectivity index (χ0) is 17.6. The lowest BCUT2D eigenvalue weighted by Gasteiger charge is -2.28. The SMILES string of the molecule is Cc1cc(C2C(C)N=C3C(S(C)(=O)=O)=CC(Br)=NN32)ccc1C=O. The summed E-state index contributed by atoms with van der Waals surface area (Å²) in [6.07, 6.45) is 3.45. The van der Waals surface area contributed by atoms with Crippen molar-refractivity contribution in [2.45, 2.75) is 25.9 Å². The van der Waals surface area contributed by atoms with E-state index in [2.05, 4.69) is 26.0 Å². The molecule has 6 nitrogen and oxygen atoms in total. The van der Waals surface area contributed by atoms with Gasteiger partial charge in [-0.25, -0.2) is 13.4 Å². The van der Waals surface area contributed by atoms with E-state index in [-0.39, 0.29) is 17.0 Å². The van der Waals surface area contributed by atoms with Crippen LogP contribution in [0.2, 0.25) is 0 Å². The van der Waals surface area contributed by atoms with E-state index in [1.54, 1.807) is 11.1 Å². The van der Waals surface area contributed by atoms with Crippen LogP contribution in [0.3, 0.4) is 0 Å². The number of hydrogen-bond acceptors (Lipinski definition) is 6. The van der Waals surface area contributed by atoms with Crippen LogP contribution >= 0.6 is 15.9 Å². The smallest absolute Gasteiger partial charge is 0.179 e. The first kappa shape index (κ1) is 17.0. The zero-order valence-corrected chi connectivity index (χ0v) is 15.8. The molecule has 0 saturated heterocycles. The third-order valence-electron chi connectivity index (χ3n) is 4.10. The number of fused-ring (bicyclic) bond motifs is 1. The maximum atomic E-state index is 12.1. The van der Waals surface area contributed by atoms with Crippen molar-refractivity contribution in [1.29, 1.82) is 0 Å². The number of amidine groups is 1. The molecule has 0 aliphatic carbocycles. The predicted octanol–water partition coefficient (Wildman–Crippen LogP) is 2.60. The largest absolute Gasteiger partial charge is 0.298 e. The molecule has 0 aromatic heterocycles. The van der Waals surface area contributed by atoms with Crippen LogP contribution in [0.1, 0.15) is 34.5 Å². The first-order chi connectivity index (χ1) is 11.2. The molecule has 126 valence electrons. The second kappa shape index (κ2) is 5.93. The highest BCUT2D eigenvalue weighted by Gasteiger charge is 2.41. The van der Waals surface area contributed by atoms with Gasteiger partial charge >= 0.3 is 0 Å². The van der Waals surface area contributed by atoms with Crippen molar-refractivity contribution in [3.05, 3.63) is 45.9 Å². The third kappa shape index (κ3) is 2.84. The van der Waals surface area contributed by atoms with E-state index in [0.29, 0.717) is 16.0 Å². The van der Waals surface area contributed by atoms with Crippen LogP contribution in [0.15, 0.2) is 39.3 Å². The highest BCUT2D eigenvalue weighted by molar-refractivity contribution is 9.18. The van der Waals surface area contributed by atoms with Crippen molar-refractivity contribution in [3.63, 3.8) is 0 Å². The Morgan fingerprint density at radius 1 is 1.33 bits per heavy atom. The molecule has 2 unspecified atom stereocenters. The average molecular weight is 410 g/mol. The van der Waals surface area contributed by atoms with E-state index in [0.717, 1.165) is 23.7 Å². The molecule has 0 N–H and O–H groups in total. The molecule has 3 rings (SSSR count). The number of sulfone groups is 1. The summed E-state index contributed by atoms with van der Waals surface area (Å²) in [5.41, 5.74) is 2.43. The van der Waals surface area contributed by atoms with Crippen molar-refractivity contribution in [3.8, 4) is 0 Å². The lowest BCUT2D eigenvalue weighted by Crippen LogP contribution is -2.34. The lowest BCUT2D eigenvalue weighted by atomic mass is 9.97. The molecule has 0 saturated carbocycles. The molecule has 24 heavy (non-hydrogen) atoms. The summed E-state index contributed by atoms with van der Waals surface area (Å²) >= 11 is 3.28. The molecule has 0 radical (unpaired) electrons. The predicted molar refractivity (Wildman–Crippen MR) is 97.3 cm³/mol. The molecule has 0 bridgehead atoms. The van der Waals surface area contributed by atoms with Crippen LogP contribution in [0.25, 0.3) is 0 Å². The molecule has 0 spiro atoms. The van der Waals surface area contributed by atoms with Gasteiger partial charge in [0.15, 0.2) is 15.7 Å². The Hall–Kier alpha value is -1.80. The van der Waals surface area contributed by atoms with Gasteiger partial charge in [0.25, 0.3) is 0 Å². The number of carbonyl (C=O) groups is 1. The number of halogens is 1. The summed E-state index contributed by atoms with van der Waals surface area (Å²) in [5.74, 6) is 0.357. The summed E-state index contributed by atoms with van der Waals surface area (Å²) in [7, 11) is -3.43. The van der Waals surface area contributed by atoms with Crippen LogP contribution in [0.5, 0.6) is 0 Å².